The first-order valence-electron chi connectivity index (χ1n) is 9.40. The van der Waals surface area contributed by atoms with Gasteiger partial charge in [0.1, 0.15) is 36.4 Å². The van der Waals surface area contributed by atoms with Crippen LogP contribution in [0.4, 0.5) is 0 Å². The Morgan fingerprint density at radius 1 is 0.929 bits per heavy atom. The molecule has 3 aliphatic rings. The van der Waals surface area contributed by atoms with E-state index in [9.17, 15) is 15.0 Å². The second-order valence-electron chi connectivity index (χ2n) is 8.35. The molecule has 0 aromatic heterocycles. The smallest absolute Gasteiger partial charge is 0.313 e. The summed E-state index contributed by atoms with van der Waals surface area (Å²) in [5, 5.41) is 20.9. The Kier molecular flexibility index (Phi) is 4.77. The summed E-state index contributed by atoms with van der Waals surface area (Å²) < 4.78 is 29.8. The third kappa shape index (κ3) is 3.45. The van der Waals surface area contributed by atoms with Crippen LogP contribution in [-0.2, 0) is 28.5 Å². The second kappa shape index (κ2) is 6.76. The molecule has 0 amide bonds. The van der Waals surface area contributed by atoms with Gasteiger partial charge in [0.25, 0.3) is 0 Å². The number of hydrogen-bond acceptors (Lipinski definition) is 7. The molecule has 0 spiro atoms. The largest absolute Gasteiger partial charge is 0.481 e. The van der Waals surface area contributed by atoms with Crippen molar-refractivity contribution in [3.63, 3.8) is 0 Å². The van der Waals surface area contributed by atoms with Gasteiger partial charge in [-0.15, -0.1) is 0 Å². The van der Waals surface area contributed by atoms with Gasteiger partial charge in [-0.25, -0.2) is 0 Å². The van der Waals surface area contributed by atoms with Crippen molar-refractivity contribution in [3.8, 4) is 0 Å². The van der Waals surface area contributed by atoms with Crippen molar-refractivity contribution < 1.29 is 38.7 Å². The third-order valence-electron chi connectivity index (χ3n) is 5.29. The Labute approximate surface area is 163 Å². The normalized spacial score (nSPS) is 37.7. The molecule has 2 N–H and O–H groups in total. The molecule has 3 aliphatic heterocycles. The summed E-state index contributed by atoms with van der Waals surface area (Å²) in [4.78, 5) is 12.0. The van der Waals surface area contributed by atoms with Crippen LogP contribution in [0, 0.1) is 0 Å². The Balaban J connectivity index is 1.67. The highest BCUT2D eigenvalue weighted by atomic mass is 16.9. The quantitative estimate of drug-likeness (QED) is 0.794. The SMILES string of the molecule is CC1(C)O[C@@H]2[C@H](O1)[C@H]1OC(C)(C)O[C@H]1O[C@@H]2[C@H](O)[C@H](C(=O)O)c1ccccc1. The lowest BCUT2D eigenvalue weighted by molar-refractivity contribution is -0.255. The Hall–Kier alpha value is -1.55. The van der Waals surface area contributed by atoms with E-state index in [1.54, 1.807) is 58.0 Å². The number of fused-ring (bicyclic) bond motifs is 3. The summed E-state index contributed by atoms with van der Waals surface area (Å²) in [7, 11) is 0. The minimum atomic E-state index is -1.38. The summed E-state index contributed by atoms with van der Waals surface area (Å²) >= 11 is 0. The maximum atomic E-state index is 12.0. The van der Waals surface area contributed by atoms with Crippen molar-refractivity contribution in [2.24, 2.45) is 0 Å². The van der Waals surface area contributed by atoms with Crippen LogP contribution >= 0.6 is 0 Å². The third-order valence-corrected chi connectivity index (χ3v) is 5.29. The molecule has 1 aromatic carbocycles. The van der Waals surface area contributed by atoms with Crippen LogP contribution in [0.2, 0.25) is 0 Å². The number of aliphatic carboxylic acids is 1. The minimum absolute atomic E-state index is 0.479. The molecule has 0 saturated carbocycles. The maximum absolute atomic E-state index is 12.0. The van der Waals surface area contributed by atoms with Crippen molar-refractivity contribution in [2.75, 3.05) is 0 Å². The number of rotatable bonds is 4. The summed E-state index contributed by atoms with van der Waals surface area (Å²) in [5.74, 6) is -4.15. The lowest BCUT2D eigenvalue weighted by Crippen LogP contribution is -2.59. The van der Waals surface area contributed by atoms with E-state index < -0.39 is 60.3 Å². The number of benzene rings is 1. The summed E-state index contributed by atoms with van der Waals surface area (Å²) in [6.45, 7) is 7.05. The number of hydrogen-bond donors (Lipinski definition) is 2. The van der Waals surface area contributed by atoms with E-state index >= 15 is 0 Å². The van der Waals surface area contributed by atoms with Gasteiger partial charge in [-0.1, -0.05) is 30.3 Å². The average Bonchev–Trinajstić information content (AvgIpc) is 3.08. The van der Waals surface area contributed by atoms with Crippen LogP contribution in [-0.4, -0.2) is 64.6 Å². The van der Waals surface area contributed by atoms with Crippen LogP contribution in [0.3, 0.4) is 0 Å². The molecule has 0 unspecified atom stereocenters. The van der Waals surface area contributed by atoms with E-state index in [2.05, 4.69) is 0 Å². The molecule has 28 heavy (non-hydrogen) atoms. The van der Waals surface area contributed by atoms with Gasteiger partial charge in [0, 0.05) is 0 Å². The maximum Gasteiger partial charge on any atom is 0.313 e. The average molecular weight is 394 g/mol. The molecule has 4 rings (SSSR count). The van der Waals surface area contributed by atoms with E-state index in [0.29, 0.717) is 5.56 Å². The van der Waals surface area contributed by atoms with Crippen LogP contribution in [0.1, 0.15) is 39.2 Å². The van der Waals surface area contributed by atoms with Gasteiger partial charge in [-0.2, -0.15) is 0 Å². The van der Waals surface area contributed by atoms with Gasteiger partial charge in [-0.3, -0.25) is 4.79 Å². The molecule has 154 valence electrons. The molecule has 8 heteroatoms. The predicted octanol–water partition coefficient (Wildman–Crippen LogP) is 1.61. The van der Waals surface area contributed by atoms with Crippen LogP contribution in [0.15, 0.2) is 30.3 Å². The highest BCUT2D eigenvalue weighted by Crippen LogP contribution is 2.45. The molecule has 3 heterocycles. The molecule has 8 nitrogen and oxygen atoms in total. The van der Waals surface area contributed by atoms with Crippen molar-refractivity contribution in [1.82, 2.24) is 0 Å². The Morgan fingerprint density at radius 3 is 2.14 bits per heavy atom. The topological polar surface area (TPSA) is 104 Å². The number of aliphatic hydroxyl groups excluding tert-OH is 1. The molecule has 3 fully saturated rings. The molecular formula is C20H26O8. The Bertz CT molecular complexity index is 733. The minimum Gasteiger partial charge on any atom is -0.481 e. The zero-order valence-electron chi connectivity index (χ0n) is 16.3. The summed E-state index contributed by atoms with van der Waals surface area (Å²) in [5.41, 5.74) is 0.479. The van der Waals surface area contributed by atoms with Gasteiger partial charge >= 0.3 is 5.97 Å². The first-order valence-corrected chi connectivity index (χ1v) is 9.40. The van der Waals surface area contributed by atoms with Gasteiger partial charge in [-0.05, 0) is 33.3 Å². The molecule has 0 aliphatic carbocycles. The Morgan fingerprint density at radius 2 is 1.50 bits per heavy atom. The summed E-state index contributed by atoms with van der Waals surface area (Å²) in [6.07, 6.45) is -4.93. The summed E-state index contributed by atoms with van der Waals surface area (Å²) in [6, 6.07) is 8.58. The fourth-order valence-electron chi connectivity index (χ4n) is 4.25. The zero-order chi connectivity index (χ0) is 20.3. The monoisotopic (exact) mass is 394 g/mol. The van der Waals surface area contributed by atoms with Gasteiger partial charge in [0.15, 0.2) is 17.9 Å². The van der Waals surface area contributed by atoms with E-state index in [4.69, 9.17) is 23.7 Å². The molecule has 0 radical (unpaired) electrons. The van der Waals surface area contributed by atoms with E-state index in [-0.39, 0.29) is 0 Å². The molecule has 1 aromatic rings. The van der Waals surface area contributed by atoms with Crippen molar-refractivity contribution in [3.05, 3.63) is 35.9 Å². The van der Waals surface area contributed by atoms with Crippen molar-refractivity contribution in [1.29, 1.82) is 0 Å². The highest BCUT2D eigenvalue weighted by Gasteiger charge is 2.62. The van der Waals surface area contributed by atoms with Gasteiger partial charge < -0.3 is 33.9 Å². The number of carboxylic acid groups (broad SMARTS) is 1. The number of carboxylic acids is 1. The van der Waals surface area contributed by atoms with Crippen molar-refractivity contribution in [2.45, 2.75) is 82.0 Å². The zero-order valence-corrected chi connectivity index (χ0v) is 16.3. The van der Waals surface area contributed by atoms with E-state index in [0.717, 1.165) is 0 Å². The van der Waals surface area contributed by atoms with E-state index in [1.807, 2.05) is 0 Å². The van der Waals surface area contributed by atoms with Gasteiger partial charge in [0.2, 0.25) is 0 Å². The number of aliphatic hydroxyl groups is 1. The predicted molar refractivity (Wildman–Crippen MR) is 95.3 cm³/mol. The lowest BCUT2D eigenvalue weighted by atomic mass is 9.85. The fraction of sp³-hybridized carbons (Fsp3) is 0.650. The first kappa shape index (κ1) is 19.8. The van der Waals surface area contributed by atoms with E-state index in [1.165, 1.54) is 0 Å². The molecular weight excluding hydrogens is 368 g/mol. The van der Waals surface area contributed by atoms with Crippen LogP contribution in [0.25, 0.3) is 0 Å². The number of ether oxygens (including phenoxy) is 5. The highest BCUT2D eigenvalue weighted by molar-refractivity contribution is 5.77. The van der Waals surface area contributed by atoms with Crippen LogP contribution in [0.5, 0.6) is 0 Å². The van der Waals surface area contributed by atoms with Gasteiger partial charge in [0.05, 0.1) is 0 Å². The standard InChI is InChI=1S/C20H26O8/c1-19(2)25-14-13(12(21)11(17(22)23)10-8-6-5-7-9-10)24-18-16(15(14)26-19)27-20(3,4)28-18/h5-9,11-16,18,21H,1-4H3,(H,22,23)/t11-,12-,13-,14+,15+,16-,18-/m1/s1. The van der Waals surface area contributed by atoms with Crippen molar-refractivity contribution >= 4 is 5.97 Å². The van der Waals surface area contributed by atoms with Crippen LogP contribution < -0.4 is 0 Å². The first-order chi connectivity index (χ1) is 13.1. The molecule has 3 saturated heterocycles. The fourth-order valence-corrected chi connectivity index (χ4v) is 4.25. The second-order valence-corrected chi connectivity index (χ2v) is 8.35. The molecule has 7 atom stereocenters. The molecule has 0 bridgehead atoms. The number of carbonyl (C=O) groups is 1. The lowest BCUT2D eigenvalue weighted by Gasteiger charge is -2.40.